The molecule has 0 aliphatic heterocycles. The Kier molecular flexibility index (Phi) is 3.46. The number of aryl methyl sites for hydroxylation is 1. The highest BCUT2D eigenvalue weighted by Crippen LogP contribution is 2.24. The number of rotatable bonds is 4. The summed E-state index contributed by atoms with van der Waals surface area (Å²) in [6, 6.07) is 16.1. The molecule has 1 N–H and O–H groups in total. The van der Waals surface area contributed by atoms with E-state index in [1.807, 2.05) is 60.4 Å². The van der Waals surface area contributed by atoms with Crippen molar-refractivity contribution in [2.45, 2.75) is 6.04 Å². The lowest BCUT2D eigenvalue weighted by Gasteiger charge is -2.19. The molecule has 0 aliphatic carbocycles. The number of hydrogen-bond donors (Lipinski definition) is 1. The summed E-state index contributed by atoms with van der Waals surface area (Å²) in [6.07, 6.45) is 5.54. The smallest absolute Gasteiger partial charge is 0.135 e. The topological polar surface area (TPSA) is 42.7 Å². The molecule has 0 bridgehead atoms. The van der Waals surface area contributed by atoms with Crippen molar-refractivity contribution in [3.8, 4) is 0 Å². The Labute approximate surface area is 118 Å². The highest BCUT2D eigenvalue weighted by atomic mass is 15.1. The summed E-state index contributed by atoms with van der Waals surface area (Å²) in [4.78, 5) is 8.80. The summed E-state index contributed by atoms with van der Waals surface area (Å²) in [5.74, 6) is 1.80. The first-order chi connectivity index (χ1) is 9.84. The van der Waals surface area contributed by atoms with Gasteiger partial charge in [-0.25, -0.2) is 9.97 Å². The number of hydrogen-bond acceptors (Lipinski definition) is 3. The predicted molar refractivity (Wildman–Crippen MR) is 79.4 cm³/mol. The molecule has 0 radical (unpaired) electrons. The van der Waals surface area contributed by atoms with E-state index in [9.17, 15) is 0 Å². The Bertz CT molecular complexity index is 661. The van der Waals surface area contributed by atoms with Gasteiger partial charge in [0, 0.05) is 25.6 Å². The van der Waals surface area contributed by atoms with Gasteiger partial charge in [-0.1, -0.05) is 36.4 Å². The van der Waals surface area contributed by atoms with Gasteiger partial charge in [0.25, 0.3) is 0 Å². The fraction of sp³-hybridized carbons (Fsp3) is 0.125. The van der Waals surface area contributed by atoms with Gasteiger partial charge < -0.3 is 9.88 Å². The van der Waals surface area contributed by atoms with Crippen LogP contribution in [0.15, 0.2) is 67.1 Å². The van der Waals surface area contributed by atoms with Crippen LogP contribution in [0.3, 0.4) is 0 Å². The Morgan fingerprint density at radius 2 is 1.75 bits per heavy atom. The Morgan fingerprint density at radius 1 is 0.950 bits per heavy atom. The molecular weight excluding hydrogens is 248 g/mol. The summed E-state index contributed by atoms with van der Waals surface area (Å²) in [7, 11) is 2.00. The van der Waals surface area contributed by atoms with Crippen molar-refractivity contribution in [3.63, 3.8) is 0 Å². The van der Waals surface area contributed by atoms with Crippen LogP contribution in [0.4, 0.5) is 5.82 Å². The Balaban J connectivity index is 1.98. The minimum atomic E-state index is -0.0221. The van der Waals surface area contributed by atoms with E-state index in [1.54, 1.807) is 6.20 Å². The molecule has 1 atom stereocenters. The largest absolute Gasteiger partial charge is 0.356 e. The van der Waals surface area contributed by atoms with E-state index in [-0.39, 0.29) is 6.04 Å². The average molecular weight is 264 g/mol. The van der Waals surface area contributed by atoms with E-state index < -0.39 is 0 Å². The second-order valence-corrected chi connectivity index (χ2v) is 4.60. The predicted octanol–water partition coefficient (Wildman–Crippen LogP) is 3.02. The van der Waals surface area contributed by atoms with E-state index >= 15 is 0 Å². The fourth-order valence-electron chi connectivity index (χ4n) is 2.19. The number of pyridine rings is 1. The quantitative estimate of drug-likeness (QED) is 0.787. The molecule has 0 aliphatic rings. The van der Waals surface area contributed by atoms with Gasteiger partial charge in [-0.2, -0.15) is 0 Å². The van der Waals surface area contributed by atoms with Crippen molar-refractivity contribution in [1.82, 2.24) is 14.5 Å². The number of anilines is 1. The Hall–Kier alpha value is -2.62. The maximum atomic E-state index is 4.46. The third-order valence-corrected chi connectivity index (χ3v) is 3.21. The second kappa shape index (κ2) is 5.57. The summed E-state index contributed by atoms with van der Waals surface area (Å²) < 4.78 is 2.02. The summed E-state index contributed by atoms with van der Waals surface area (Å²) in [6.45, 7) is 0. The molecule has 2 heterocycles. The zero-order chi connectivity index (χ0) is 13.8. The lowest BCUT2D eigenvalue weighted by molar-refractivity contribution is 0.745. The summed E-state index contributed by atoms with van der Waals surface area (Å²) in [5.41, 5.74) is 1.16. The first kappa shape index (κ1) is 12.4. The number of nitrogens with zero attached hydrogens (tertiary/aromatic N) is 3. The van der Waals surface area contributed by atoms with Crippen LogP contribution in [0, 0.1) is 0 Å². The van der Waals surface area contributed by atoms with Gasteiger partial charge in [-0.15, -0.1) is 0 Å². The summed E-state index contributed by atoms with van der Waals surface area (Å²) >= 11 is 0. The van der Waals surface area contributed by atoms with Gasteiger partial charge in [-0.3, -0.25) is 0 Å². The molecule has 3 aromatic rings. The first-order valence-corrected chi connectivity index (χ1v) is 6.54. The highest BCUT2D eigenvalue weighted by Gasteiger charge is 2.18. The molecule has 0 spiro atoms. The van der Waals surface area contributed by atoms with Gasteiger partial charge in [0.05, 0.1) is 0 Å². The van der Waals surface area contributed by atoms with Crippen LogP contribution in [0.25, 0.3) is 0 Å². The van der Waals surface area contributed by atoms with Crippen LogP contribution in [-0.2, 0) is 7.05 Å². The van der Waals surface area contributed by atoms with E-state index in [1.165, 1.54) is 0 Å². The van der Waals surface area contributed by atoms with Crippen molar-refractivity contribution >= 4 is 5.82 Å². The first-order valence-electron chi connectivity index (χ1n) is 6.54. The third-order valence-electron chi connectivity index (χ3n) is 3.21. The zero-order valence-electron chi connectivity index (χ0n) is 11.3. The molecule has 2 aromatic heterocycles. The molecule has 100 valence electrons. The lowest BCUT2D eigenvalue weighted by Crippen LogP contribution is -2.17. The molecule has 3 rings (SSSR count). The van der Waals surface area contributed by atoms with E-state index in [0.717, 1.165) is 17.2 Å². The number of nitrogens with one attached hydrogen (secondary N) is 1. The molecule has 0 amide bonds. The van der Waals surface area contributed by atoms with E-state index in [4.69, 9.17) is 0 Å². The minimum Gasteiger partial charge on any atom is -0.356 e. The van der Waals surface area contributed by atoms with Gasteiger partial charge in [0.1, 0.15) is 17.7 Å². The third kappa shape index (κ3) is 2.54. The normalized spacial score (nSPS) is 12.1. The van der Waals surface area contributed by atoms with Crippen molar-refractivity contribution in [2.24, 2.45) is 7.05 Å². The minimum absolute atomic E-state index is 0.0221. The maximum Gasteiger partial charge on any atom is 0.135 e. The standard InChI is InChI=1S/C16H16N4/c1-20-12-11-18-16(20)15(13-7-3-2-4-8-13)19-14-9-5-6-10-17-14/h2-12,15H,1H3,(H,17,19). The lowest BCUT2D eigenvalue weighted by atomic mass is 10.1. The van der Waals surface area contributed by atoms with Gasteiger partial charge in [0.2, 0.25) is 0 Å². The second-order valence-electron chi connectivity index (χ2n) is 4.60. The van der Waals surface area contributed by atoms with Crippen LogP contribution >= 0.6 is 0 Å². The van der Waals surface area contributed by atoms with Crippen LogP contribution in [0.5, 0.6) is 0 Å². The van der Waals surface area contributed by atoms with Gasteiger partial charge >= 0.3 is 0 Å². The molecule has 4 nitrogen and oxygen atoms in total. The van der Waals surface area contributed by atoms with E-state index in [2.05, 4.69) is 27.4 Å². The maximum absolute atomic E-state index is 4.46. The molecular formula is C16H16N4. The van der Waals surface area contributed by atoms with Gasteiger partial charge in [0.15, 0.2) is 0 Å². The van der Waals surface area contributed by atoms with Crippen molar-refractivity contribution in [2.75, 3.05) is 5.32 Å². The molecule has 0 fully saturated rings. The van der Waals surface area contributed by atoms with Crippen molar-refractivity contribution in [1.29, 1.82) is 0 Å². The highest BCUT2D eigenvalue weighted by molar-refractivity contribution is 5.41. The number of imidazole rings is 1. The monoisotopic (exact) mass is 264 g/mol. The molecule has 20 heavy (non-hydrogen) atoms. The SMILES string of the molecule is Cn1ccnc1C(Nc1ccccn1)c1ccccc1. The number of aromatic nitrogens is 3. The molecule has 1 aromatic carbocycles. The van der Waals surface area contributed by atoms with Crippen LogP contribution in [0.1, 0.15) is 17.4 Å². The van der Waals surface area contributed by atoms with E-state index in [0.29, 0.717) is 0 Å². The fourth-order valence-corrected chi connectivity index (χ4v) is 2.19. The average Bonchev–Trinajstić information content (AvgIpc) is 2.93. The zero-order valence-corrected chi connectivity index (χ0v) is 11.3. The van der Waals surface area contributed by atoms with Crippen LogP contribution in [0.2, 0.25) is 0 Å². The van der Waals surface area contributed by atoms with Crippen molar-refractivity contribution in [3.05, 3.63) is 78.5 Å². The van der Waals surface area contributed by atoms with Crippen LogP contribution in [-0.4, -0.2) is 14.5 Å². The van der Waals surface area contributed by atoms with Crippen molar-refractivity contribution < 1.29 is 0 Å². The molecule has 4 heteroatoms. The molecule has 0 saturated heterocycles. The molecule has 1 unspecified atom stereocenters. The van der Waals surface area contributed by atoms with Gasteiger partial charge in [-0.05, 0) is 17.7 Å². The van der Waals surface area contributed by atoms with Crippen LogP contribution < -0.4 is 5.32 Å². The Morgan fingerprint density at radius 3 is 2.40 bits per heavy atom. The number of benzene rings is 1. The molecule has 0 saturated carbocycles. The summed E-state index contributed by atoms with van der Waals surface area (Å²) in [5, 5.41) is 3.44.